The first-order valence-corrected chi connectivity index (χ1v) is 7.70. The number of sulfonamides is 1. The number of carbonyl (C=O) groups is 1. The second-order valence-corrected chi connectivity index (χ2v) is 6.03. The van der Waals surface area contributed by atoms with Gasteiger partial charge in [-0.2, -0.15) is 0 Å². The molecule has 0 aliphatic carbocycles. The number of primary sulfonamides is 1. The van der Waals surface area contributed by atoms with E-state index in [9.17, 15) is 13.2 Å². The van der Waals surface area contributed by atoms with Crippen LogP contribution in [-0.2, 0) is 14.8 Å². The maximum absolute atomic E-state index is 11.6. The van der Waals surface area contributed by atoms with Crippen molar-refractivity contribution >= 4 is 27.3 Å². The van der Waals surface area contributed by atoms with Crippen LogP contribution in [0.5, 0.6) is 0 Å². The predicted molar refractivity (Wildman–Crippen MR) is 78.8 cm³/mol. The molecule has 0 saturated carbocycles. The molecule has 1 amide bonds. The Hall–Kier alpha value is -1.80. The number of nitrogens with two attached hydrogens (primary N) is 2. The average molecular weight is 300 g/mol. The number of rotatable bonds is 6. The highest BCUT2D eigenvalue weighted by Gasteiger charge is 2.13. The molecule has 1 aromatic carbocycles. The molecule has 0 fully saturated rings. The molecule has 0 atom stereocenters. The molecule has 7 nitrogen and oxygen atoms in total. The molecule has 0 saturated heterocycles. The second-order valence-electron chi connectivity index (χ2n) is 4.47. The van der Waals surface area contributed by atoms with E-state index < -0.39 is 10.0 Å². The lowest BCUT2D eigenvalue weighted by molar-refractivity contribution is -0.119. The molecule has 8 heteroatoms. The third-order valence-electron chi connectivity index (χ3n) is 2.69. The normalized spacial score (nSPS) is 11.2. The van der Waals surface area contributed by atoms with Crippen LogP contribution in [0.1, 0.15) is 13.3 Å². The van der Waals surface area contributed by atoms with Gasteiger partial charge >= 0.3 is 0 Å². The van der Waals surface area contributed by atoms with Crippen LogP contribution in [0, 0.1) is 0 Å². The number of nitrogens with zero attached hydrogens (tertiary/aromatic N) is 1. The Morgan fingerprint density at radius 3 is 2.55 bits per heavy atom. The molecule has 1 aromatic rings. The number of amides is 1. The fourth-order valence-corrected chi connectivity index (χ4v) is 2.23. The molecule has 0 bridgehead atoms. The summed E-state index contributed by atoms with van der Waals surface area (Å²) in [6.45, 7) is 2.72. The molecule has 112 valence electrons. The molecule has 1 rings (SSSR count). The van der Waals surface area contributed by atoms with Crippen molar-refractivity contribution in [1.82, 2.24) is 5.32 Å². The number of hydrogen-bond acceptors (Lipinski definition) is 5. The Bertz CT molecular complexity index is 586. The van der Waals surface area contributed by atoms with E-state index >= 15 is 0 Å². The van der Waals surface area contributed by atoms with Gasteiger partial charge in [0.2, 0.25) is 15.9 Å². The van der Waals surface area contributed by atoms with Crippen molar-refractivity contribution in [2.75, 3.05) is 30.8 Å². The van der Waals surface area contributed by atoms with Crippen molar-refractivity contribution in [1.29, 1.82) is 0 Å². The van der Waals surface area contributed by atoms with Crippen LogP contribution >= 0.6 is 0 Å². The molecule has 0 unspecified atom stereocenters. The third kappa shape index (κ3) is 4.39. The Labute approximate surface area is 119 Å². The van der Waals surface area contributed by atoms with Crippen molar-refractivity contribution in [2.45, 2.75) is 18.2 Å². The third-order valence-corrected chi connectivity index (χ3v) is 3.60. The highest BCUT2D eigenvalue weighted by atomic mass is 32.2. The van der Waals surface area contributed by atoms with E-state index in [1.165, 1.54) is 18.2 Å². The van der Waals surface area contributed by atoms with Crippen molar-refractivity contribution in [3.8, 4) is 0 Å². The zero-order valence-corrected chi connectivity index (χ0v) is 12.4. The average Bonchev–Trinajstić information content (AvgIpc) is 2.34. The van der Waals surface area contributed by atoms with E-state index in [1.807, 2.05) is 6.92 Å². The summed E-state index contributed by atoms with van der Waals surface area (Å²) in [4.78, 5) is 13.2. The highest BCUT2D eigenvalue weighted by Crippen LogP contribution is 2.24. The molecule has 0 aliphatic heterocycles. The van der Waals surface area contributed by atoms with Crippen molar-refractivity contribution in [3.63, 3.8) is 0 Å². The standard InChI is InChI=1S/C12H20N4O3S/c1-3-6-15-12(17)8-16(2)11-5-4-9(7-10(11)13)20(14,18)19/h4-5,7H,3,6,8,13H2,1-2H3,(H,15,17)(H2,14,18,19). The minimum Gasteiger partial charge on any atom is -0.397 e. The molecule has 0 aliphatic rings. The Kier molecular flexibility index (Phi) is 5.34. The molecule has 20 heavy (non-hydrogen) atoms. The molecule has 0 heterocycles. The molecule has 0 spiro atoms. The van der Waals surface area contributed by atoms with Gasteiger partial charge in [-0.05, 0) is 24.6 Å². The molecular weight excluding hydrogens is 280 g/mol. The molecule has 0 aromatic heterocycles. The van der Waals surface area contributed by atoms with E-state index in [-0.39, 0.29) is 23.0 Å². The fourth-order valence-electron chi connectivity index (χ4n) is 1.68. The summed E-state index contributed by atoms with van der Waals surface area (Å²) < 4.78 is 22.4. The minimum absolute atomic E-state index is 0.0532. The van der Waals surface area contributed by atoms with Gasteiger partial charge in [0.05, 0.1) is 22.8 Å². The highest BCUT2D eigenvalue weighted by molar-refractivity contribution is 7.89. The number of hydrogen-bond donors (Lipinski definition) is 3. The lowest BCUT2D eigenvalue weighted by Crippen LogP contribution is -2.35. The van der Waals surface area contributed by atoms with Crippen LogP contribution in [0.3, 0.4) is 0 Å². The number of carbonyl (C=O) groups excluding carboxylic acids is 1. The van der Waals surface area contributed by atoms with Gasteiger partial charge in [0.15, 0.2) is 0 Å². The summed E-state index contributed by atoms with van der Waals surface area (Å²) in [5, 5.41) is 7.78. The summed E-state index contributed by atoms with van der Waals surface area (Å²) >= 11 is 0. The largest absolute Gasteiger partial charge is 0.397 e. The van der Waals surface area contributed by atoms with Gasteiger partial charge < -0.3 is 16.0 Å². The van der Waals surface area contributed by atoms with Gasteiger partial charge in [0.25, 0.3) is 0 Å². The maximum atomic E-state index is 11.6. The summed E-state index contributed by atoms with van der Waals surface area (Å²) in [6.07, 6.45) is 0.862. The lowest BCUT2D eigenvalue weighted by Gasteiger charge is -2.20. The fraction of sp³-hybridized carbons (Fsp3) is 0.417. The predicted octanol–water partition coefficient (Wildman–Crippen LogP) is -0.121. The van der Waals surface area contributed by atoms with Crippen molar-refractivity contribution in [2.24, 2.45) is 5.14 Å². The number of nitrogen functional groups attached to an aromatic ring is 1. The number of anilines is 2. The monoisotopic (exact) mass is 300 g/mol. The van der Waals surface area contributed by atoms with Crippen LogP contribution in [0.4, 0.5) is 11.4 Å². The van der Waals surface area contributed by atoms with Crippen LogP contribution in [0.25, 0.3) is 0 Å². The SMILES string of the molecule is CCCNC(=O)CN(C)c1ccc(S(N)(=O)=O)cc1N. The molecule has 5 N–H and O–H groups in total. The summed E-state index contributed by atoms with van der Waals surface area (Å²) in [5.41, 5.74) is 6.63. The van der Waals surface area contributed by atoms with E-state index in [4.69, 9.17) is 10.9 Å². The van der Waals surface area contributed by atoms with E-state index in [0.29, 0.717) is 12.2 Å². The summed E-state index contributed by atoms with van der Waals surface area (Å²) in [5.74, 6) is -0.121. The number of nitrogens with one attached hydrogen (secondary N) is 1. The first kappa shape index (κ1) is 16.3. The molecule has 0 radical (unpaired) electrons. The summed E-state index contributed by atoms with van der Waals surface area (Å²) in [6, 6.07) is 4.18. The lowest BCUT2D eigenvalue weighted by atomic mass is 10.2. The Balaban J connectivity index is 2.84. The van der Waals surface area contributed by atoms with Gasteiger partial charge in [-0.25, -0.2) is 13.6 Å². The Morgan fingerprint density at radius 1 is 1.40 bits per heavy atom. The van der Waals surface area contributed by atoms with Gasteiger partial charge in [-0.1, -0.05) is 6.92 Å². The topological polar surface area (TPSA) is 119 Å². The van der Waals surface area contributed by atoms with Crippen LogP contribution < -0.4 is 21.1 Å². The Morgan fingerprint density at radius 2 is 2.05 bits per heavy atom. The van der Waals surface area contributed by atoms with E-state index in [0.717, 1.165) is 6.42 Å². The second kappa shape index (κ2) is 6.58. The van der Waals surface area contributed by atoms with Crippen LogP contribution in [0.15, 0.2) is 23.1 Å². The maximum Gasteiger partial charge on any atom is 0.239 e. The quantitative estimate of drug-likeness (QED) is 0.633. The van der Waals surface area contributed by atoms with Crippen molar-refractivity contribution < 1.29 is 13.2 Å². The van der Waals surface area contributed by atoms with Gasteiger partial charge in [-0.3, -0.25) is 4.79 Å². The van der Waals surface area contributed by atoms with E-state index in [2.05, 4.69) is 5.32 Å². The van der Waals surface area contributed by atoms with Gasteiger partial charge in [0.1, 0.15) is 0 Å². The van der Waals surface area contributed by atoms with Crippen molar-refractivity contribution in [3.05, 3.63) is 18.2 Å². The first-order chi connectivity index (χ1) is 9.25. The zero-order valence-electron chi connectivity index (χ0n) is 11.6. The first-order valence-electron chi connectivity index (χ1n) is 6.16. The minimum atomic E-state index is -3.78. The number of likely N-dealkylation sites (N-methyl/N-ethyl adjacent to an activating group) is 1. The number of benzene rings is 1. The van der Waals surface area contributed by atoms with Gasteiger partial charge in [0, 0.05) is 13.6 Å². The zero-order chi connectivity index (χ0) is 15.3. The smallest absolute Gasteiger partial charge is 0.239 e. The van der Waals surface area contributed by atoms with Gasteiger partial charge in [-0.15, -0.1) is 0 Å². The van der Waals surface area contributed by atoms with E-state index in [1.54, 1.807) is 11.9 Å². The summed E-state index contributed by atoms with van der Waals surface area (Å²) in [7, 11) is -2.08. The van der Waals surface area contributed by atoms with Crippen LogP contribution in [-0.4, -0.2) is 34.5 Å². The molecular formula is C12H20N4O3S. The van der Waals surface area contributed by atoms with Crippen LogP contribution in [0.2, 0.25) is 0 Å².